The standard InChI is InChI=1S/Na.H2O3S.Zn.H/c;1-4(2)3;;/h;(H2,1,2,3);;/q;;+2;/p-2. The molecule has 0 radical (unpaired) electrons. The minimum Gasteiger partial charge on any atom is 2.00 e. The van der Waals surface area contributed by atoms with Gasteiger partial charge in [-0.15, -0.1) is 11.4 Å². The number of hydrogen-bond donors (Lipinski definition) is 0. The van der Waals surface area contributed by atoms with Crippen molar-refractivity contribution in [3.8, 4) is 0 Å². The van der Waals surface area contributed by atoms with Crippen LogP contribution in [-0.2, 0) is 30.8 Å². The predicted octanol–water partition coefficient (Wildman–Crippen LogP) is -1.66. The molecule has 0 aliphatic heterocycles. The van der Waals surface area contributed by atoms with Crippen molar-refractivity contribution in [2.45, 2.75) is 0 Å². The molecule has 0 bridgehead atoms. The number of rotatable bonds is 0. The normalized spacial score (nSPS) is 5.83. The van der Waals surface area contributed by atoms with E-state index in [9.17, 15) is 0 Å². The Bertz CT molecular complexity index is 33.8. The molecule has 6 heavy (non-hydrogen) atoms. The zero-order valence-corrected chi connectivity index (χ0v) is 6.12. The van der Waals surface area contributed by atoms with Crippen LogP contribution in [-0.4, -0.2) is 42.9 Å². The average molecular weight is 169 g/mol. The van der Waals surface area contributed by atoms with Crippen LogP contribution in [0.4, 0.5) is 0 Å². The van der Waals surface area contributed by atoms with Crippen LogP contribution in [0.3, 0.4) is 0 Å². The Kier molecular flexibility index (Phi) is 25.7. The summed E-state index contributed by atoms with van der Waals surface area (Å²) in [6.07, 6.45) is 0. The van der Waals surface area contributed by atoms with Gasteiger partial charge in [-0.05, 0) is 0 Å². The minimum atomic E-state index is -3.11. The first-order valence-corrected chi connectivity index (χ1v) is 1.50. The van der Waals surface area contributed by atoms with E-state index < -0.39 is 11.4 Å². The van der Waals surface area contributed by atoms with Crippen LogP contribution < -0.4 is 0 Å². The Labute approximate surface area is 73.1 Å². The third kappa shape index (κ3) is 43.7. The second-order valence-electron chi connectivity index (χ2n) is 0.204. The van der Waals surface area contributed by atoms with E-state index in [0.717, 1.165) is 0 Å². The summed E-state index contributed by atoms with van der Waals surface area (Å²) in [5.41, 5.74) is 0. The summed E-state index contributed by atoms with van der Waals surface area (Å²) in [5.74, 6) is 0. The molecule has 0 fully saturated rings. The van der Waals surface area contributed by atoms with Crippen LogP contribution in [0.1, 0.15) is 0 Å². The molecule has 0 rings (SSSR count). The van der Waals surface area contributed by atoms with Crippen LogP contribution in [0.15, 0.2) is 0 Å². The van der Waals surface area contributed by atoms with Gasteiger partial charge in [-0.3, -0.25) is 4.21 Å². The molecule has 0 saturated heterocycles. The van der Waals surface area contributed by atoms with Crippen LogP contribution in [0, 0.1) is 0 Å². The molecule has 0 spiro atoms. The SMILES string of the molecule is O=S([O-])[O-].[NaH].[Zn+2]. The fourth-order valence-electron chi connectivity index (χ4n) is 0. The maximum absolute atomic E-state index is 8.44. The third-order valence-corrected chi connectivity index (χ3v) is 0. The Morgan fingerprint density at radius 1 is 1.33 bits per heavy atom. The summed E-state index contributed by atoms with van der Waals surface area (Å²) in [6.45, 7) is 0. The summed E-state index contributed by atoms with van der Waals surface area (Å²) in [6, 6.07) is 0. The van der Waals surface area contributed by atoms with E-state index in [2.05, 4.69) is 0 Å². The molecule has 0 aromatic rings. The summed E-state index contributed by atoms with van der Waals surface area (Å²) in [5, 5.41) is 0. The Morgan fingerprint density at radius 3 is 1.33 bits per heavy atom. The smallest absolute Gasteiger partial charge is 2.00 e. The molecular formula is HNaO3SZn. The molecule has 0 aromatic carbocycles. The van der Waals surface area contributed by atoms with Gasteiger partial charge in [0.15, 0.2) is 0 Å². The van der Waals surface area contributed by atoms with E-state index in [1.54, 1.807) is 0 Å². The van der Waals surface area contributed by atoms with E-state index in [1.807, 2.05) is 0 Å². The first-order valence-electron chi connectivity index (χ1n) is 0.500. The Hall–Kier alpha value is 1.69. The van der Waals surface area contributed by atoms with Crippen molar-refractivity contribution in [1.82, 2.24) is 0 Å². The molecule has 0 atom stereocenters. The quantitative estimate of drug-likeness (QED) is 0.322. The van der Waals surface area contributed by atoms with Crippen molar-refractivity contribution in [2.75, 3.05) is 0 Å². The van der Waals surface area contributed by atoms with Crippen molar-refractivity contribution in [3.05, 3.63) is 0 Å². The third-order valence-electron chi connectivity index (χ3n) is 0. The van der Waals surface area contributed by atoms with Crippen molar-refractivity contribution in [2.24, 2.45) is 0 Å². The van der Waals surface area contributed by atoms with Gasteiger partial charge in [0, 0.05) is 0 Å². The van der Waals surface area contributed by atoms with Gasteiger partial charge in [0.25, 0.3) is 0 Å². The fourth-order valence-corrected chi connectivity index (χ4v) is 0. The Morgan fingerprint density at radius 2 is 1.33 bits per heavy atom. The van der Waals surface area contributed by atoms with Gasteiger partial charge in [0.05, 0.1) is 0 Å². The Balaban J connectivity index is -0.0000000450. The zero-order valence-electron chi connectivity index (χ0n) is 2.34. The summed E-state index contributed by atoms with van der Waals surface area (Å²) in [4.78, 5) is 0. The van der Waals surface area contributed by atoms with E-state index in [4.69, 9.17) is 13.3 Å². The topological polar surface area (TPSA) is 63.2 Å². The molecule has 3 nitrogen and oxygen atoms in total. The molecule has 0 amide bonds. The van der Waals surface area contributed by atoms with E-state index in [0.29, 0.717) is 0 Å². The second kappa shape index (κ2) is 9.85. The van der Waals surface area contributed by atoms with Gasteiger partial charge in [-0.2, -0.15) is 0 Å². The maximum Gasteiger partial charge on any atom is 2.00 e. The largest absolute Gasteiger partial charge is 2.00 e. The summed E-state index contributed by atoms with van der Waals surface area (Å²) >= 11 is -3.11. The van der Waals surface area contributed by atoms with Gasteiger partial charge in [0.2, 0.25) is 0 Å². The molecular weight excluding hydrogens is 168 g/mol. The van der Waals surface area contributed by atoms with Crippen LogP contribution in [0.25, 0.3) is 0 Å². The van der Waals surface area contributed by atoms with Gasteiger partial charge < -0.3 is 9.11 Å². The fraction of sp³-hybridized carbons (Fsp3) is 0. The van der Waals surface area contributed by atoms with Crippen molar-refractivity contribution in [3.63, 3.8) is 0 Å². The minimum absolute atomic E-state index is 0. The van der Waals surface area contributed by atoms with Crippen molar-refractivity contribution >= 4 is 40.9 Å². The van der Waals surface area contributed by atoms with E-state index >= 15 is 0 Å². The van der Waals surface area contributed by atoms with Gasteiger partial charge in [-0.25, -0.2) is 0 Å². The monoisotopic (exact) mass is 168 g/mol. The van der Waals surface area contributed by atoms with Gasteiger partial charge >= 0.3 is 49.0 Å². The van der Waals surface area contributed by atoms with Gasteiger partial charge in [0.1, 0.15) is 0 Å². The molecule has 6 heteroatoms. The summed E-state index contributed by atoms with van der Waals surface area (Å²) in [7, 11) is 0. The molecule has 28 valence electrons. The van der Waals surface area contributed by atoms with Crippen LogP contribution in [0.5, 0.6) is 0 Å². The molecule has 0 aromatic heterocycles. The molecule has 0 heterocycles. The van der Waals surface area contributed by atoms with Gasteiger partial charge in [-0.1, -0.05) is 0 Å². The molecule has 0 aliphatic carbocycles. The average Bonchev–Trinajstić information content (AvgIpc) is 0.811. The maximum atomic E-state index is 8.44. The molecule has 0 N–H and O–H groups in total. The second-order valence-corrected chi connectivity index (χ2v) is 0.612. The van der Waals surface area contributed by atoms with Crippen molar-refractivity contribution < 1.29 is 32.8 Å². The number of hydrogen-bond acceptors (Lipinski definition) is 3. The van der Waals surface area contributed by atoms with E-state index in [-0.39, 0.29) is 49.0 Å². The molecule has 0 unspecified atom stereocenters. The van der Waals surface area contributed by atoms with Crippen LogP contribution in [0.2, 0.25) is 0 Å². The summed E-state index contributed by atoms with van der Waals surface area (Å²) < 4.78 is 25.3. The van der Waals surface area contributed by atoms with E-state index in [1.165, 1.54) is 0 Å². The van der Waals surface area contributed by atoms with Crippen molar-refractivity contribution in [1.29, 1.82) is 0 Å². The molecule has 0 saturated carbocycles. The predicted molar refractivity (Wildman–Crippen MR) is 16.8 cm³/mol. The first-order chi connectivity index (χ1) is 1.73. The molecule has 0 aliphatic rings. The zero-order chi connectivity index (χ0) is 3.58. The van der Waals surface area contributed by atoms with Crippen LogP contribution >= 0.6 is 0 Å². The first kappa shape index (κ1) is 15.6.